The number of nitrogens with zero attached hydrogens (tertiary/aromatic N) is 1. The molecule has 2 aromatic rings. The number of alkyl halides is 3. The number of carbonyl (C=O) groups excluding carboxylic acids is 4. The molecule has 2 heterocycles. The number of fused-ring (bicyclic) bond motifs is 1. The third kappa shape index (κ3) is 4.22. The highest BCUT2D eigenvalue weighted by Crippen LogP contribution is 2.46. The van der Waals surface area contributed by atoms with Crippen molar-refractivity contribution in [3.63, 3.8) is 0 Å². The number of ketones is 1. The van der Waals surface area contributed by atoms with Crippen LogP contribution in [0.1, 0.15) is 44.9 Å². The van der Waals surface area contributed by atoms with E-state index in [1.165, 1.54) is 18.5 Å². The van der Waals surface area contributed by atoms with Gasteiger partial charge < -0.3 is 20.5 Å². The monoisotopic (exact) mass is 512 g/mol. The van der Waals surface area contributed by atoms with Gasteiger partial charge in [0.1, 0.15) is 17.4 Å². The lowest BCUT2D eigenvalue weighted by Crippen LogP contribution is -2.69. The number of aromatic nitrogens is 1. The summed E-state index contributed by atoms with van der Waals surface area (Å²) in [6.45, 7) is 1.03. The maximum Gasteiger partial charge on any atom is 0.293 e. The van der Waals surface area contributed by atoms with Gasteiger partial charge in [-0.3, -0.25) is 19.2 Å². The van der Waals surface area contributed by atoms with Crippen LogP contribution in [0.25, 0.3) is 0 Å². The van der Waals surface area contributed by atoms with Gasteiger partial charge in [0, 0.05) is 43.8 Å². The highest BCUT2D eigenvalue weighted by atomic mass is 19.3. The summed E-state index contributed by atoms with van der Waals surface area (Å²) in [6.07, 6.45) is -3.78. The largest absolute Gasteiger partial charge is 0.357 e. The number of hydrogen-bond acceptors (Lipinski definition) is 4. The minimum Gasteiger partial charge on any atom is -0.357 e. The van der Waals surface area contributed by atoms with Gasteiger partial charge in [0.25, 0.3) is 23.5 Å². The average Bonchev–Trinajstić information content (AvgIpc) is 3.26. The number of rotatable bonds is 6. The first-order valence-corrected chi connectivity index (χ1v) is 10.9. The number of hydrogen-bond donors (Lipinski definition) is 3. The first kappa shape index (κ1) is 25.3. The second-order valence-electron chi connectivity index (χ2n) is 8.94. The molecule has 0 spiro atoms. The quantitative estimate of drug-likeness (QED) is 0.314. The van der Waals surface area contributed by atoms with Crippen LogP contribution in [0, 0.1) is 18.6 Å². The molecule has 192 valence electrons. The molecule has 13 heteroatoms. The van der Waals surface area contributed by atoms with E-state index in [1.54, 1.807) is 0 Å². The van der Waals surface area contributed by atoms with E-state index in [-0.39, 0.29) is 41.2 Å². The van der Waals surface area contributed by atoms with Gasteiger partial charge in [-0.1, -0.05) is 0 Å². The van der Waals surface area contributed by atoms with Crippen molar-refractivity contribution in [3.05, 3.63) is 52.3 Å². The molecule has 0 bridgehead atoms. The third-order valence-corrected chi connectivity index (χ3v) is 6.37. The number of nitrogens with one attached hydrogen (secondary N) is 3. The molecule has 0 unspecified atom stereocenters. The second kappa shape index (κ2) is 8.71. The Balaban J connectivity index is 1.65. The second-order valence-corrected chi connectivity index (χ2v) is 8.94. The zero-order chi connectivity index (χ0) is 26.6. The summed E-state index contributed by atoms with van der Waals surface area (Å²) in [6, 6.07) is 2.63. The van der Waals surface area contributed by atoms with Crippen molar-refractivity contribution >= 4 is 29.2 Å². The normalized spacial score (nSPS) is 19.1. The molecule has 1 aliphatic carbocycles. The fraction of sp³-hybridized carbons (Fsp3) is 0.391. The molecule has 1 fully saturated rings. The molecule has 1 atom stereocenters. The summed E-state index contributed by atoms with van der Waals surface area (Å²) in [5, 5.41) is 6.62. The van der Waals surface area contributed by atoms with Crippen molar-refractivity contribution in [1.82, 2.24) is 15.2 Å². The Bertz CT molecular complexity index is 1300. The Hall–Kier alpha value is -3.77. The molecule has 1 aliphatic heterocycles. The summed E-state index contributed by atoms with van der Waals surface area (Å²) in [7, 11) is 1.19. The first-order chi connectivity index (χ1) is 16.8. The standard InChI is InChI=1S/C23H21F5N4O4/c1-10-16(18(33)20(35)31-22(21(36)29-2)8-23(27,28)9-22)15-5-11(24)7-32(15)17(10)19(34)30-12-3-4-13(25)14(26)6-12/h3-4,6,11H,5,7-9H2,1-2H3,(H,29,36)(H,30,34)(H,31,35)/t11-/m1/s1. The lowest BCUT2D eigenvalue weighted by molar-refractivity contribution is -0.164. The number of Topliss-reactive ketones (excluding diaryl/α,β-unsaturated/α-hetero) is 1. The lowest BCUT2D eigenvalue weighted by Gasteiger charge is -2.45. The van der Waals surface area contributed by atoms with Gasteiger partial charge in [-0.25, -0.2) is 22.0 Å². The molecule has 0 saturated heterocycles. The van der Waals surface area contributed by atoms with Crippen molar-refractivity contribution in [1.29, 1.82) is 0 Å². The number of halogens is 5. The van der Waals surface area contributed by atoms with Gasteiger partial charge in [-0.05, 0) is 24.6 Å². The molecule has 3 amide bonds. The van der Waals surface area contributed by atoms with Crippen molar-refractivity contribution in [2.45, 2.75) is 50.4 Å². The van der Waals surface area contributed by atoms with Crippen LogP contribution >= 0.6 is 0 Å². The minimum atomic E-state index is -3.21. The Morgan fingerprint density at radius 2 is 1.75 bits per heavy atom. The molecule has 1 aromatic heterocycles. The van der Waals surface area contributed by atoms with Crippen molar-refractivity contribution in [2.75, 3.05) is 12.4 Å². The van der Waals surface area contributed by atoms with E-state index < -0.39 is 65.6 Å². The highest BCUT2D eigenvalue weighted by Gasteiger charge is 2.62. The van der Waals surface area contributed by atoms with Crippen LogP contribution in [0.5, 0.6) is 0 Å². The number of likely N-dealkylation sites (N-methyl/N-ethyl adjacent to an activating group) is 1. The minimum absolute atomic E-state index is 0.00469. The maximum atomic E-state index is 14.3. The molecule has 0 radical (unpaired) electrons. The average molecular weight is 512 g/mol. The van der Waals surface area contributed by atoms with Crippen molar-refractivity contribution in [3.8, 4) is 0 Å². The topological polar surface area (TPSA) is 109 Å². The first-order valence-electron chi connectivity index (χ1n) is 10.9. The number of carbonyl (C=O) groups is 4. The summed E-state index contributed by atoms with van der Waals surface area (Å²) in [5.41, 5.74) is -2.51. The van der Waals surface area contributed by atoms with Crippen LogP contribution in [0.3, 0.4) is 0 Å². The van der Waals surface area contributed by atoms with E-state index in [1.807, 2.05) is 0 Å². The van der Waals surface area contributed by atoms with E-state index in [2.05, 4.69) is 16.0 Å². The Morgan fingerprint density at radius 3 is 2.33 bits per heavy atom. The smallest absolute Gasteiger partial charge is 0.293 e. The molecule has 4 rings (SSSR count). The number of amides is 3. The zero-order valence-corrected chi connectivity index (χ0v) is 19.1. The van der Waals surface area contributed by atoms with Gasteiger partial charge in [-0.15, -0.1) is 0 Å². The predicted octanol–water partition coefficient (Wildman–Crippen LogP) is 2.43. The lowest BCUT2D eigenvalue weighted by atomic mass is 9.72. The van der Waals surface area contributed by atoms with Crippen LogP contribution in [0.4, 0.5) is 27.6 Å². The summed E-state index contributed by atoms with van der Waals surface area (Å²) in [5.74, 6) is -9.91. The van der Waals surface area contributed by atoms with Crippen LogP contribution in [-0.4, -0.2) is 52.8 Å². The summed E-state index contributed by atoms with van der Waals surface area (Å²) >= 11 is 0. The van der Waals surface area contributed by atoms with Crippen molar-refractivity contribution < 1.29 is 41.1 Å². The van der Waals surface area contributed by atoms with Crippen LogP contribution in [-0.2, 0) is 22.6 Å². The van der Waals surface area contributed by atoms with Gasteiger partial charge in [0.15, 0.2) is 11.6 Å². The van der Waals surface area contributed by atoms with Gasteiger partial charge in [0.2, 0.25) is 5.91 Å². The number of anilines is 1. The summed E-state index contributed by atoms with van der Waals surface area (Å²) in [4.78, 5) is 51.0. The molecule has 2 aliphatic rings. The van der Waals surface area contributed by atoms with E-state index in [9.17, 15) is 41.1 Å². The zero-order valence-electron chi connectivity index (χ0n) is 19.1. The van der Waals surface area contributed by atoms with Crippen LogP contribution < -0.4 is 16.0 Å². The molecular weight excluding hydrogens is 491 g/mol. The molecule has 8 nitrogen and oxygen atoms in total. The van der Waals surface area contributed by atoms with E-state index in [4.69, 9.17) is 0 Å². The van der Waals surface area contributed by atoms with E-state index >= 15 is 0 Å². The molecule has 36 heavy (non-hydrogen) atoms. The van der Waals surface area contributed by atoms with Gasteiger partial charge >= 0.3 is 0 Å². The van der Waals surface area contributed by atoms with Gasteiger partial charge in [0.05, 0.1) is 12.1 Å². The molecule has 1 saturated carbocycles. The maximum absolute atomic E-state index is 14.3. The highest BCUT2D eigenvalue weighted by molar-refractivity contribution is 6.44. The molecule has 3 N–H and O–H groups in total. The van der Waals surface area contributed by atoms with E-state index in [0.29, 0.717) is 0 Å². The number of benzene rings is 1. The SMILES string of the molecule is CNC(=O)C1(NC(=O)C(=O)c2c(C)c(C(=O)Nc3ccc(F)c(F)c3)n3c2C[C@@H](F)C3)CC(F)(F)C1. The van der Waals surface area contributed by atoms with Crippen LogP contribution in [0.15, 0.2) is 18.2 Å². The van der Waals surface area contributed by atoms with E-state index in [0.717, 1.165) is 18.2 Å². The Kier molecular flexibility index (Phi) is 6.13. The van der Waals surface area contributed by atoms with Gasteiger partial charge in [-0.2, -0.15) is 0 Å². The molecule has 1 aromatic carbocycles. The predicted molar refractivity (Wildman–Crippen MR) is 116 cm³/mol. The fourth-order valence-electron chi connectivity index (χ4n) is 4.82. The van der Waals surface area contributed by atoms with Crippen LogP contribution in [0.2, 0.25) is 0 Å². The Morgan fingerprint density at radius 1 is 1.08 bits per heavy atom. The fourth-order valence-corrected chi connectivity index (χ4v) is 4.82. The summed E-state index contributed by atoms with van der Waals surface area (Å²) < 4.78 is 69.3. The molecular formula is C23H21F5N4O4. The van der Waals surface area contributed by atoms with Crippen molar-refractivity contribution in [2.24, 2.45) is 0 Å². The third-order valence-electron chi connectivity index (χ3n) is 6.37. The Labute approximate surface area is 201 Å².